The van der Waals surface area contributed by atoms with Crippen LogP contribution in [0.5, 0.6) is 0 Å². The summed E-state index contributed by atoms with van der Waals surface area (Å²) in [7, 11) is 1.58. The molecule has 1 heterocycles. The van der Waals surface area contributed by atoms with E-state index >= 15 is 0 Å². The minimum absolute atomic E-state index is 0.0574. The van der Waals surface area contributed by atoms with Gasteiger partial charge in [-0.05, 0) is 19.9 Å². The van der Waals surface area contributed by atoms with Crippen LogP contribution in [0.4, 0.5) is 0 Å². The second-order valence-corrected chi connectivity index (χ2v) is 3.70. The zero-order valence-corrected chi connectivity index (χ0v) is 9.61. The monoisotopic (exact) mass is 225 g/mol. The molecular formula is C11H15NO4. The summed E-state index contributed by atoms with van der Waals surface area (Å²) in [5.74, 6) is 0.104. The van der Waals surface area contributed by atoms with E-state index in [1.807, 2.05) is 0 Å². The van der Waals surface area contributed by atoms with Crippen LogP contribution in [0, 0.1) is 13.8 Å². The van der Waals surface area contributed by atoms with Crippen LogP contribution in [0.2, 0.25) is 0 Å². The van der Waals surface area contributed by atoms with E-state index < -0.39 is 5.97 Å². The van der Waals surface area contributed by atoms with E-state index in [0.717, 1.165) is 0 Å². The molecule has 1 amide bonds. The molecular weight excluding hydrogens is 210 g/mol. The Morgan fingerprint density at radius 2 is 2.06 bits per heavy atom. The third-order valence-corrected chi connectivity index (χ3v) is 2.28. The summed E-state index contributed by atoms with van der Waals surface area (Å²) in [5.41, 5.74) is 0.491. The number of carbonyl (C=O) groups excluding carboxylic acids is 1. The summed E-state index contributed by atoms with van der Waals surface area (Å²) >= 11 is 0. The van der Waals surface area contributed by atoms with Crippen molar-refractivity contribution in [3.05, 3.63) is 23.2 Å². The molecule has 5 nitrogen and oxygen atoms in total. The van der Waals surface area contributed by atoms with Gasteiger partial charge in [0.05, 0.1) is 12.0 Å². The van der Waals surface area contributed by atoms with Gasteiger partial charge in [-0.15, -0.1) is 0 Å². The summed E-state index contributed by atoms with van der Waals surface area (Å²) in [5, 5.41) is 8.52. The molecule has 0 saturated carbocycles. The fourth-order valence-electron chi connectivity index (χ4n) is 1.41. The fraction of sp³-hybridized carbons (Fsp3) is 0.455. The predicted molar refractivity (Wildman–Crippen MR) is 57.4 cm³/mol. The van der Waals surface area contributed by atoms with Crippen molar-refractivity contribution < 1.29 is 19.1 Å². The van der Waals surface area contributed by atoms with E-state index in [-0.39, 0.29) is 18.9 Å². The van der Waals surface area contributed by atoms with E-state index in [9.17, 15) is 9.59 Å². The second kappa shape index (κ2) is 4.83. The molecule has 0 unspecified atom stereocenters. The summed E-state index contributed by atoms with van der Waals surface area (Å²) < 4.78 is 5.25. The van der Waals surface area contributed by atoms with Gasteiger partial charge in [-0.3, -0.25) is 9.59 Å². The molecule has 0 fully saturated rings. The van der Waals surface area contributed by atoms with E-state index in [2.05, 4.69) is 0 Å². The van der Waals surface area contributed by atoms with Gasteiger partial charge in [0.2, 0.25) is 0 Å². The van der Waals surface area contributed by atoms with Crippen molar-refractivity contribution in [3.8, 4) is 0 Å². The Labute approximate surface area is 93.7 Å². The van der Waals surface area contributed by atoms with Crippen molar-refractivity contribution in [2.45, 2.75) is 20.3 Å². The van der Waals surface area contributed by atoms with E-state index in [4.69, 9.17) is 9.52 Å². The van der Waals surface area contributed by atoms with Gasteiger partial charge in [0.25, 0.3) is 5.91 Å². The predicted octanol–water partition coefficient (Wildman–Crippen LogP) is 1.44. The quantitative estimate of drug-likeness (QED) is 0.841. The van der Waals surface area contributed by atoms with Crippen molar-refractivity contribution in [1.82, 2.24) is 4.90 Å². The molecule has 0 atom stereocenters. The maximum absolute atomic E-state index is 11.9. The first-order valence-corrected chi connectivity index (χ1v) is 4.96. The molecule has 0 aliphatic heterocycles. The Morgan fingerprint density at radius 1 is 1.44 bits per heavy atom. The van der Waals surface area contributed by atoms with Crippen LogP contribution in [0.1, 0.15) is 28.3 Å². The lowest BCUT2D eigenvalue weighted by Gasteiger charge is -2.15. The summed E-state index contributed by atoms with van der Waals surface area (Å²) in [4.78, 5) is 23.6. The Hall–Kier alpha value is -1.78. The van der Waals surface area contributed by atoms with Crippen molar-refractivity contribution in [3.63, 3.8) is 0 Å². The van der Waals surface area contributed by atoms with Gasteiger partial charge < -0.3 is 14.4 Å². The number of carbonyl (C=O) groups is 2. The van der Waals surface area contributed by atoms with Crippen molar-refractivity contribution in [2.75, 3.05) is 13.6 Å². The van der Waals surface area contributed by atoms with Gasteiger partial charge in [0.1, 0.15) is 11.5 Å². The van der Waals surface area contributed by atoms with E-state index in [0.29, 0.717) is 17.1 Å². The molecule has 5 heteroatoms. The summed E-state index contributed by atoms with van der Waals surface area (Å²) in [6.07, 6.45) is -0.0574. The van der Waals surface area contributed by atoms with Crippen molar-refractivity contribution >= 4 is 11.9 Å². The van der Waals surface area contributed by atoms with Crippen LogP contribution < -0.4 is 0 Å². The first-order valence-electron chi connectivity index (χ1n) is 4.96. The molecule has 88 valence electrons. The molecule has 0 aliphatic rings. The molecule has 1 rings (SSSR count). The highest BCUT2D eigenvalue weighted by atomic mass is 16.4. The number of furan rings is 1. The number of hydrogen-bond donors (Lipinski definition) is 1. The van der Waals surface area contributed by atoms with E-state index in [1.54, 1.807) is 27.0 Å². The molecule has 0 spiro atoms. The van der Waals surface area contributed by atoms with Gasteiger partial charge >= 0.3 is 5.97 Å². The number of carboxylic acids is 1. The van der Waals surface area contributed by atoms with Gasteiger partial charge in [-0.25, -0.2) is 0 Å². The Bertz CT molecular complexity index is 408. The number of aliphatic carboxylic acids is 1. The molecule has 1 aromatic heterocycles. The average molecular weight is 225 g/mol. The number of hydrogen-bond acceptors (Lipinski definition) is 3. The molecule has 1 N–H and O–H groups in total. The zero-order chi connectivity index (χ0) is 12.3. The zero-order valence-electron chi connectivity index (χ0n) is 9.61. The lowest BCUT2D eigenvalue weighted by atomic mass is 10.2. The van der Waals surface area contributed by atoms with Gasteiger partial charge in [0.15, 0.2) is 0 Å². The third-order valence-electron chi connectivity index (χ3n) is 2.28. The van der Waals surface area contributed by atoms with Crippen LogP contribution in [0.3, 0.4) is 0 Å². The highest BCUT2D eigenvalue weighted by Gasteiger charge is 2.17. The number of aryl methyl sites for hydroxylation is 2. The minimum Gasteiger partial charge on any atom is -0.481 e. The molecule has 0 aliphatic carbocycles. The number of amides is 1. The second-order valence-electron chi connectivity index (χ2n) is 3.70. The molecule has 0 radical (unpaired) electrons. The third kappa shape index (κ3) is 2.85. The first-order chi connectivity index (χ1) is 7.41. The molecule has 16 heavy (non-hydrogen) atoms. The normalized spacial score (nSPS) is 10.2. The van der Waals surface area contributed by atoms with Crippen LogP contribution in [-0.2, 0) is 4.79 Å². The Balaban J connectivity index is 2.70. The average Bonchev–Trinajstić information content (AvgIpc) is 2.53. The highest BCUT2D eigenvalue weighted by Crippen LogP contribution is 2.15. The minimum atomic E-state index is -0.917. The molecule has 0 bridgehead atoms. The Kier molecular flexibility index (Phi) is 3.71. The maximum Gasteiger partial charge on any atom is 0.305 e. The number of carboxylic acid groups (broad SMARTS) is 1. The molecule has 1 aromatic rings. The number of nitrogens with zero attached hydrogens (tertiary/aromatic N) is 1. The van der Waals surface area contributed by atoms with Crippen molar-refractivity contribution in [2.24, 2.45) is 0 Å². The van der Waals surface area contributed by atoms with Crippen LogP contribution in [0.25, 0.3) is 0 Å². The first kappa shape index (κ1) is 12.3. The van der Waals surface area contributed by atoms with Crippen LogP contribution in [-0.4, -0.2) is 35.5 Å². The van der Waals surface area contributed by atoms with Gasteiger partial charge in [0, 0.05) is 13.6 Å². The lowest BCUT2D eigenvalue weighted by Crippen LogP contribution is -2.29. The largest absolute Gasteiger partial charge is 0.481 e. The molecule has 0 saturated heterocycles. The standard InChI is InChI=1S/C11H15NO4/c1-7-6-9(8(2)16-7)11(15)12(3)5-4-10(13)14/h6H,4-5H2,1-3H3,(H,13,14). The summed E-state index contributed by atoms with van der Waals surface area (Å²) in [6.45, 7) is 3.67. The van der Waals surface area contributed by atoms with Crippen LogP contribution >= 0.6 is 0 Å². The topological polar surface area (TPSA) is 70.8 Å². The smallest absolute Gasteiger partial charge is 0.305 e. The Morgan fingerprint density at radius 3 is 2.50 bits per heavy atom. The highest BCUT2D eigenvalue weighted by molar-refractivity contribution is 5.95. The van der Waals surface area contributed by atoms with Crippen molar-refractivity contribution in [1.29, 1.82) is 0 Å². The van der Waals surface area contributed by atoms with Gasteiger partial charge in [-0.2, -0.15) is 0 Å². The van der Waals surface area contributed by atoms with Gasteiger partial charge in [-0.1, -0.05) is 0 Å². The summed E-state index contributed by atoms with van der Waals surface area (Å²) in [6, 6.07) is 1.66. The lowest BCUT2D eigenvalue weighted by molar-refractivity contribution is -0.137. The molecule has 0 aromatic carbocycles. The maximum atomic E-state index is 11.9. The van der Waals surface area contributed by atoms with E-state index in [1.165, 1.54) is 4.90 Å². The number of rotatable bonds is 4. The van der Waals surface area contributed by atoms with Crippen LogP contribution in [0.15, 0.2) is 10.5 Å². The fourth-order valence-corrected chi connectivity index (χ4v) is 1.41. The SMILES string of the molecule is Cc1cc(C(=O)N(C)CCC(=O)O)c(C)o1.